The van der Waals surface area contributed by atoms with Crippen LogP contribution in [0.5, 0.6) is 0 Å². The van der Waals surface area contributed by atoms with E-state index in [1.165, 1.54) is 27.8 Å². The lowest BCUT2D eigenvalue weighted by molar-refractivity contribution is 0.849. The number of rotatable bonds is 4. The van der Waals surface area contributed by atoms with Gasteiger partial charge < -0.3 is 5.84 Å². The highest BCUT2D eigenvalue weighted by atomic mass is 32.2. The van der Waals surface area contributed by atoms with Crippen molar-refractivity contribution in [2.75, 3.05) is 5.84 Å². The fourth-order valence-electron chi connectivity index (χ4n) is 2.47. The molecule has 0 amide bonds. The van der Waals surface area contributed by atoms with Crippen LogP contribution >= 0.6 is 23.1 Å². The number of thiazole rings is 1. The molecule has 0 aliphatic rings. The van der Waals surface area contributed by atoms with Crippen LogP contribution in [0, 0.1) is 6.92 Å². The van der Waals surface area contributed by atoms with Gasteiger partial charge in [0, 0.05) is 28.5 Å². The van der Waals surface area contributed by atoms with Crippen LogP contribution in [0.4, 0.5) is 0 Å². The molecule has 3 heterocycles. The van der Waals surface area contributed by atoms with Crippen molar-refractivity contribution >= 4 is 28.1 Å². The van der Waals surface area contributed by atoms with Crippen molar-refractivity contribution in [3.63, 3.8) is 0 Å². The average molecular weight is 370 g/mol. The number of hydrogen-bond acceptors (Lipinski definition) is 7. The summed E-state index contributed by atoms with van der Waals surface area (Å²) in [5, 5.41) is 10.8. The van der Waals surface area contributed by atoms with E-state index in [1.54, 1.807) is 10.5 Å². The van der Waals surface area contributed by atoms with Gasteiger partial charge in [-0.05, 0) is 6.92 Å². The third kappa shape index (κ3) is 2.92. The third-order valence-electron chi connectivity index (χ3n) is 3.67. The molecule has 0 spiro atoms. The fourth-order valence-corrected chi connectivity index (χ4v) is 4.11. The first-order valence-corrected chi connectivity index (χ1v) is 9.35. The van der Waals surface area contributed by atoms with Gasteiger partial charge in [0.05, 0.1) is 5.69 Å². The molecule has 0 fully saturated rings. The molecule has 126 valence electrons. The highest BCUT2D eigenvalue weighted by molar-refractivity contribution is 7.98. The summed E-state index contributed by atoms with van der Waals surface area (Å²) in [5.74, 6) is 7.20. The maximum atomic E-state index is 12.2. The molecule has 4 aromatic rings. The number of nitrogens with two attached hydrogens (primary N) is 1. The molecule has 1 aromatic carbocycles. The molecule has 0 aliphatic carbocycles. The van der Waals surface area contributed by atoms with E-state index >= 15 is 0 Å². The Morgan fingerprint density at radius 1 is 1.24 bits per heavy atom. The second kappa shape index (κ2) is 6.34. The van der Waals surface area contributed by atoms with Gasteiger partial charge in [-0.15, -0.1) is 21.5 Å². The zero-order valence-electron chi connectivity index (χ0n) is 13.3. The van der Waals surface area contributed by atoms with Crippen LogP contribution in [-0.4, -0.2) is 24.3 Å². The zero-order valence-corrected chi connectivity index (χ0v) is 14.9. The van der Waals surface area contributed by atoms with Crippen molar-refractivity contribution in [2.45, 2.75) is 17.8 Å². The SMILES string of the molecule is Cc1csc2nc(CSc3nnc(-c4ccccc4)n3N)cc(=O)n12. The molecule has 9 heteroatoms. The lowest BCUT2D eigenvalue weighted by Gasteiger charge is -2.04. The van der Waals surface area contributed by atoms with E-state index in [0.717, 1.165) is 11.3 Å². The minimum Gasteiger partial charge on any atom is -0.335 e. The Hall–Kier alpha value is -2.65. The Labute approximate surface area is 151 Å². The fraction of sp³-hybridized carbons (Fsp3) is 0.125. The molecule has 7 nitrogen and oxygen atoms in total. The molecule has 0 radical (unpaired) electrons. The van der Waals surface area contributed by atoms with E-state index in [2.05, 4.69) is 15.2 Å². The number of thioether (sulfide) groups is 1. The molecule has 2 N–H and O–H groups in total. The molecule has 0 saturated carbocycles. The largest absolute Gasteiger partial charge is 0.335 e. The first kappa shape index (κ1) is 15.9. The smallest absolute Gasteiger partial charge is 0.258 e. The Balaban J connectivity index is 1.58. The summed E-state index contributed by atoms with van der Waals surface area (Å²) in [6.45, 7) is 1.89. The van der Waals surface area contributed by atoms with E-state index in [9.17, 15) is 4.79 Å². The van der Waals surface area contributed by atoms with Gasteiger partial charge in [-0.1, -0.05) is 42.1 Å². The van der Waals surface area contributed by atoms with Crippen molar-refractivity contribution in [1.82, 2.24) is 24.3 Å². The summed E-state index contributed by atoms with van der Waals surface area (Å²) in [7, 11) is 0. The molecule has 25 heavy (non-hydrogen) atoms. The van der Waals surface area contributed by atoms with Crippen LogP contribution in [0.2, 0.25) is 0 Å². The maximum Gasteiger partial charge on any atom is 0.258 e. The number of nitrogens with zero attached hydrogens (tertiary/aromatic N) is 5. The molecule has 0 unspecified atom stereocenters. The van der Waals surface area contributed by atoms with Crippen molar-refractivity contribution < 1.29 is 0 Å². The lowest BCUT2D eigenvalue weighted by Crippen LogP contribution is -2.15. The summed E-state index contributed by atoms with van der Waals surface area (Å²) in [5.41, 5.74) is 2.42. The number of fused-ring (bicyclic) bond motifs is 1. The Morgan fingerprint density at radius 2 is 2.04 bits per heavy atom. The van der Waals surface area contributed by atoms with Gasteiger partial charge in [0.15, 0.2) is 10.8 Å². The van der Waals surface area contributed by atoms with Crippen molar-refractivity contribution in [2.24, 2.45) is 0 Å². The highest BCUT2D eigenvalue weighted by Crippen LogP contribution is 2.24. The molecule has 0 atom stereocenters. The van der Waals surface area contributed by atoms with Crippen LogP contribution in [0.3, 0.4) is 0 Å². The van der Waals surface area contributed by atoms with E-state index in [0.29, 0.717) is 27.4 Å². The minimum atomic E-state index is -0.0708. The lowest BCUT2D eigenvalue weighted by atomic mass is 10.2. The van der Waals surface area contributed by atoms with Crippen LogP contribution in [0.1, 0.15) is 11.4 Å². The van der Waals surface area contributed by atoms with Gasteiger partial charge >= 0.3 is 0 Å². The van der Waals surface area contributed by atoms with Crippen molar-refractivity contribution in [1.29, 1.82) is 0 Å². The predicted molar refractivity (Wildman–Crippen MR) is 99.2 cm³/mol. The maximum absolute atomic E-state index is 12.2. The van der Waals surface area contributed by atoms with Gasteiger partial charge in [-0.25, -0.2) is 9.66 Å². The molecule has 0 aliphatic heterocycles. The Bertz CT molecular complexity index is 1100. The Morgan fingerprint density at radius 3 is 2.84 bits per heavy atom. The van der Waals surface area contributed by atoms with Gasteiger partial charge in [0.2, 0.25) is 5.16 Å². The van der Waals surface area contributed by atoms with Crippen LogP contribution in [0.15, 0.2) is 51.7 Å². The monoisotopic (exact) mass is 370 g/mol. The first-order chi connectivity index (χ1) is 12.1. The first-order valence-electron chi connectivity index (χ1n) is 7.49. The second-order valence-corrected chi connectivity index (χ2v) is 7.19. The van der Waals surface area contributed by atoms with E-state index < -0.39 is 0 Å². The van der Waals surface area contributed by atoms with Crippen LogP contribution < -0.4 is 11.4 Å². The summed E-state index contributed by atoms with van der Waals surface area (Å²) in [4.78, 5) is 17.4. The van der Waals surface area contributed by atoms with Crippen LogP contribution in [-0.2, 0) is 5.75 Å². The quantitative estimate of drug-likeness (QED) is 0.438. The zero-order chi connectivity index (χ0) is 17.4. The molecule has 4 rings (SSSR count). The third-order valence-corrected chi connectivity index (χ3v) is 5.59. The molecule has 3 aromatic heterocycles. The topological polar surface area (TPSA) is 91.1 Å². The van der Waals surface area contributed by atoms with E-state index in [4.69, 9.17) is 5.84 Å². The number of hydrogen-bond donors (Lipinski definition) is 1. The van der Waals surface area contributed by atoms with E-state index in [-0.39, 0.29) is 5.56 Å². The average Bonchev–Trinajstić information content (AvgIpc) is 3.17. The van der Waals surface area contributed by atoms with Crippen molar-refractivity contribution in [3.05, 3.63) is 63.5 Å². The van der Waals surface area contributed by atoms with Crippen molar-refractivity contribution in [3.8, 4) is 11.4 Å². The van der Waals surface area contributed by atoms with Gasteiger partial charge in [-0.3, -0.25) is 9.20 Å². The number of nitrogen functional groups attached to an aromatic ring is 1. The van der Waals surface area contributed by atoms with E-state index in [1.807, 2.05) is 42.6 Å². The number of aryl methyl sites for hydroxylation is 1. The number of aromatic nitrogens is 5. The molecular weight excluding hydrogens is 356 g/mol. The summed E-state index contributed by atoms with van der Waals surface area (Å²) in [6, 6.07) is 11.2. The van der Waals surface area contributed by atoms with Gasteiger partial charge in [0.25, 0.3) is 5.56 Å². The van der Waals surface area contributed by atoms with Crippen LogP contribution in [0.25, 0.3) is 16.3 Å². The Kier molecular flexibility index (Phi) is 4.02. The summed E-state index contributed by atoms with van der Waals surface area (Å²) >= 11 is 2.85. The molecule has 0 bridgehead atoms. The molecular formula is C16H14N6OS2. The summed E-state index contributed by atoms with van der Waals surface area (Å²) < 4.78 is 3.07. The second-order valence-electron chi connectivity index (χ2n) is 5.41. The normalized spacial score (nSPS) is 11.2. The van der Waals surface area contributed by atoms with Gasteiger partial charge in [-0.2, -0.15) is 0 Å². The number of benzene rings is 1. The van der Waals surface area contributed by atoms with Gasteiger partial charge in [0.1, 0.15) is 0 Å². The standard InChI is InChI=1S/C16H14N6OS2/c1-10-8-24-15-18-12(7-13(23)21(10)15)9-25-16-20-19-14(22(16)17)11-5-3-2-4-6-11/h2-8H,9,17H2,1H3. The predicted octanol–water partition coefficient (Wildman–Crippen LogP) is 2.33. The summed E-state index contributed by atoms with van der Waals surface area (Å²) in [6.07, 6.45) is 0. The minimum absolute atomic E-state index is 0.0708. The highest BCUT2D eigenvalue weighted by Gasteiger charge is 2.13. The molecule has 0 saturated heterocycles.